The Labute approximate surface area is 241 Å². The summed E-state index contributed by atoms with van der Waals surface area (Å²) in [4.78, 5) is 51.8. The van der Waals surface area contributed by atoms with Crippen LogP contribution in [0, 0.1) is 5.92 Å². The lowest BCUT2D eigenvalue weighted by molar-refractivity contribution is -0.146. The van der Waals surface area contributed by atoms with Crippen LogP contribution in [0.3, 0.4) is 0 Å². The standard InChI is InChI=1S/C32H41N3O6/c1-3-5-6-14-29(38)41-21-27(31(40)33-26-16-15-23-12-7-8-13-24(23)19-26)34-30(39)25(11-4-2)20-28(37)35-32(22-36)17-9-10-18-32/h3-4,7-8,12-13,15-16,19,25,27,36H,1-2,5-6,9-11,14,17-18,20-22H2,(H,33,40)(H,34,39)(H,35,37)/t25-,27+/m1/s1. The van der Waals surface area contributed by atoms with Crippen molar-refractivity contribution in [2.75, 3.05) is 18.5 Å². The van der Waals surface area contributed by atoms with E-state index in [-0.39, 0.29) is 38.4 Å². The number of fused-ring (bicyclic) bond motifs is 1. The molecule has 3 rings (SSSR count). The van der Waals surface area contributed by atoms with Crippen LogP contribution < -0.4 is 16.0 Å². The van der Waals surface area contributed by atoms with Gasteiger partial charge in [0, 0.05) is 18.5 Å². The fourth-order valence-corrected chi connectivity index (χ4v) is 5.04. The van der Waals surface area contributed by atoms with Gasteiger partial charge in [-0.15, -0.1) is 13.2 Å². The fraction of sp³-hybridized carbons (Fsp3) is 0.438. The molecular weight excluding hydrogens is 522 g/mol. The molecule has 0 aromatic heterocycles. The first kappa shape index (κ1) is 31.5. The van der Waals surface area contributed by atoms with Crippen molar-refractivity contribution in [1.29, 1.82) is 0 Å². The Morgan fingerprint density at radius 2 is 1.73 bits per heavy atom. The van der Waals surface area contributed by atoms with Crippen LogP contribution in [0.2, 0.25) is 0 Å². The molecule has 0 spiro atoms. The number of esters is 1. The molecule has 0 heterocycles. The minimum absolute atomic E-state index is 0.139. The third-order valence-corrected chi connectivity index (χ3v) is 7.37. The predicted molar refractivity (Wildman–Crippen MR) is 159 cm³/mol. The highest BCUT2D eigenvalue weighted by molar-refractivity contribution is 5.99. The highest BCUT2D eigenvalue weighted by Gasteiger charge is 2.36. The van der Waals surface area contributed by atoms with E-state index in [1.165, 1.54) is 0 Å². The van der Waals surface area contributed by atoms with Gasteiger partial charge in [-0.2, -0.15) is 0 Å². The second-order valence-corrected chi connectivity index (χ2v) is 10.6. The van der Waals surface area contributed by atoms with Gasteiger partial charge in [-0.05, 0) is 55.0 Å². The molecule has 4 N–H and O–H groups in total. The first-order chi connectivity index (χ1) is 19.8. The average molecular weight is 564 g/mol. The molecule has 1 aliphatic carbocycles. The van der Waals surface area contributed by atoms with Crippen LogP contribution in [0.15, 0.2) is 67.8 Å². The van der Waals surface area contributed by atoms with Gasteiger partial charge < -0.3 is 25.8 Å². The molecule has 1 aliphatic rings. The Morgan fingerprint density at radius 3 is 2.41 bits per heavy atom. The second-order valence-electron chi connectivity index (χ2n) is 10.6. The van der Waals surface area contributed by atoms with E-state index >= 15 is 0 Å². The maximum absolute atomic E-state index is 13.3. The number of amides is 3. The molecule has 2 aromatic carbocycles. The largest absolute Gasteiger partial charge is 0.463 e. The van der Waals surface area contributed by atoms with E-state index in [0.717, 1.165) is 23.6 Å². The van der Waals surface area contributed by atoms with E-state index in [9.17, 15) is 24.3 Å². The van der Waals surface area contributed by atoms with Gasteiger partial charge in [0.15, 0.2) is 0 Å². The molecular formula is C32H41N3O6. The Hall–Kier alpha value is -3.98. The van der Waals surface area contributed by atoms with Gasteiger partial charge >= 0.3 is 5.97 Å². The number of nitrogens with one attached hydrogen (secondary N) is 3. The highest BCUT2D eigenvalue weighted by atomic mass is 16.5. The molecule has 2 atom stereocenters. The number of carbonyl (C=O) groups excluding carboxylic acids is 4. The molecule has 0 radical (unpaired) electrons. The highest BCUT2D eigenvalue weighted by Crippen LogP contribution is 2.29. The van der Waals surface area contributed by atoms with E-state index in [4.69, 9.17) is 4.74 Å². The Balaban J connectivity index is 1.70. The van der Waals surface area contributed by atoms with Crippen molar-refractivity contribution in [3.63, 3.8) is 0 Å². The number of rotatable bonds is 16. The lowest BCUT2D eigenvalue weighted by Crippen LogP contribution is -2.51. The number of hydrogen-bond donors (Lipinski definition) is 4. The summed E-state index contributed by atoms with van der Waals surface area (Å²) in [7, 11) is 0. The van der Waals surface area contributed by atoms with Crippen molar-refractivity contribution in [3.05, 3.63) is 67.8 Å². The summed E-state index contributed by atoms with van der Waals surface area (Å²) in [5.41, 5.74) is -0.132. The summed E-state index contributed by atoms with van der Waals surface area (Å²) >= 11 is 0. The zero-order valence-corrected chi connectivity index (χ0v) is 23.5. The second kappa shape index (κ2) is 15.7. The van der Waals surface area contributed by atoms with Crippen LogP contribution in [-0.4, -0.2) is 53.6 Å². The molecule has 41 heavy (non-hydrogen) atoms. The molecule has 0 aliphatic heterocycles. The summed E-state index contributed by atoms with van der Waals surface area (Å²) in [5.74, 6) is -2.74. The quantitative estimate of drug-likeness (QED) is 0.138. The van der Waals surface area contributed by atoms with Crippen LogP contribution >= 0.6 is 0 Å². The van der Waals surface area contributed by atoms with Gasteiger partial charge in [-0.1, -0.05) is 55.3 Å². The molecule has 2 aromatic rings. The number of unbranched alkanes of at least 4 members (excludes halogenated alkanes) is 1. The number of benzene rings is 2. The summed E-state index contributed by atoms with van der Waals surface area (Å²) in [6.45, 7) is 6.82. The van der Waals surface area contributed by atoms with Gasteiger partial charge in [-0.25, -0.2) is 0 Å². The lowest BCUT2D eigenvalue weighted by Gasteiger charge is -2.29. The van der Waals surface area contributed by atoms with Gasteiger partial charge in [0.05, 0.1) is 18.1 Å². The molecule has 0 saturated heterocycles. The van der Waals surface area contributed by atoms with Gasteiger partial charge in [0.1, 0.15) is 12.6 Å². The Bertz CT molecular complexity index is 1240. The number of anilines is 1. The minimum atomic E-state index is -1.19. The maximum atomic E-state index is 13.3. The number of aliphatic hydroxyl groups is 1. The predicted octanol–water partition coefficient (Wildman–Crippen LogP) is 4.17. The average Bonchev–Trinajstić information content (AvgIpc) is 3.43. The first-order valence-electron chi connectivity index (χ1n) is 14.2. The monoisotopic (exact) mass is 563 g/mol. The summed E-state index contributed by atoms with van der Waals surface area (Å²) < 4.78 is 5.34. The van der Waals surface area contributed by atoms with Crippen LogP contribution in [0.1, 0.15) is 57.8 Å². The number of aliphatic hydroxyl groups excluding tert-OH is 1. The summed E-state index contributed by atoms with van der Waals surface area (Å²) in [5, 5.41) is 20.2. The van der Waals surface area contributed by atoms with E-state index in [1.807, 2.05) is 36.4 Å². The van der Waals surface area contributed by atoms with Crippen molar-refractivity contribution in [2.24, 2.45) is 5.92 Å². The number of carbonyl (C=O) groups is 4. The van der Waals surface area contributed by atoms with Crippen molar-refractivity contribution in [1.82, 2.24) is 10.6 Å². The fourth-order valence-electron chi connectivity index (χ4n) is 5.04. The summed E-state index contributed by atoms with van der Waals surface area (Å²) in [6.07, 6.45) is 7.88. The smallest absolute Gasteiger partial charge is 0.305 e. The van der Waals surface area contributed by atoms with Crippen molar-refractivity contribution < 1.29 is 29.0 Å². The topological polar surface area (TPSA) is 134 Å². The molecule has 0 bridgehead atoms. The first-order valence-corrected chi connectivity index (χ1v) is 14.2. The third-order valence-electron chi connectivity index (χ3n) is 7.37. The van der Waals surface area contributed by atoms with E-state index < -0.39 is 35.3 Å². The Morgan fingerprint density at radius 1 is 1.00 bits per heavy atom. The van der Waals surface area contributed by atoms with E-state index in [1.54, 1.807) is 18.2 Å². The van der Waals surface area contributed by atoms with Crippen LogP contribution in [0.25, 0.3) is 10.8 Å². The zero-order valence-electron chi connectivity index (χ0n) is 23.5. The summed E-state index contributed by atoms with van der Waals surface area (Å²) in [6, 6.07) is 12.0. The van der Waals surface area contributed by atoms with Crippen molar-refractivity contribution in [2.45, 2.75) is 69.4 Å². The van der Waals surface area contributed by atoms with Crippen LogP contribution in [0.5, 0.6) is 0 Å². The number of allylic oxidation sites excluding steroid dienone is 2. The number of ether oxygens (including phenoxy) is 1. The third kappa shape index (κ3) is 9.56. The molecule has 0 unspecified atom stereocenters. The van der Waals surface area contributed by atoms with E-state index in [2.05, 4.69) is 29.1 Å². The lowest BCUT2D eigenvalue weighted by atomic mass is 9.95. The van der Waals surface area contributed by atoms with Crippen molar-refractivity contribution >= 4 is 40.2 Å². The normalized spacial score (nSPS) is 15.3. The van der Waals surface area contributed by atoms with Crippen molar-refractivity contribution in [3.8, 4) is 0 Å². The SMILES string of the molecule is C=CCCCC(=O)OC[C@H](NC(=O)[C@H](CC=C)CC(=O)NC1(CO)CCCC1)C(=O)Nc1ccc2ccccc2c1. The van der Waals surface area contributed by atoms with Crippen LogP contribution in [-0.2, 0) is 23.9 Å². The van der Waals surface area contributed by atoms with Gasteiger partial charge in [0.25, 0.3) is 5.91 Å². The van der Waals surface area contributed by atoms with E-state index in [0.29, 0.717) is 31.4 Å². The molecule has 9 nitrogen and oxygen atoms in total. The molecule has 1 fully saturated rings. The zero-order chi connectivity index (χ0) is 29.7. The van der Waals surface area contributed by atoms with Gasteiger partial charge in [-0.3, -0.25) is 19.2 Å². The maximum Gasteiger partial charge on any atom is 0.305 e. The minimum Gasteiger partial charge on any atom is -0.463 e. The van der Waals surface area contributed by atoms with Crippen LogP contribution in [0.4, 0.5) is 5.69 Å². The van der Waals surface area contributed by atoms with Gasteiger partial charge in [0.2, 0.25) is 11.8 Å². The molecule has 9 heteroatoms. The molecule has 1 saturated carbocycles. The molecule has 3 amide bonds. The molecule has 220 valence electrons. The number of hydrogen-bond acceptors (Lipinski definition) is 6. The Kier molecular flexibility index (Phi) is 12.1.